The van der Waals surface area contributed by atoms with Crippen LogP contribution in [0.4, 0.5) is 17.1 Å². The summed E-state index contributed by atoms with van der Waals surface area (Å²) in [6.07, 6.45) is 1.25. The molecule has 0 spiro atoms. The number of hydrogen-bond donors (Lipinski definition) is 2. The molecule has 0 radical (unpaired) electrons. The highest BCUT2D eigenvalue weighted by molar-refractivity contribution is 6.45. The molecule has 0 fully saturated rings. The third-order valence-corrected chi connectivity index (χ3v) is 5.06. The van der Waals surface area contributed by atoms with E-state index in [4.69, 9.17) is 27.9 Å². The summed E-state index contributed by atoms with van der Waals surface area (Å²) in [6, 6.07) is 13.5. The highest BCUT2D eigenvalue weighted by atomic mass is 35.5. The van der Waals surface area contributed by atoms with Crippen molar-refractivity contribution in [2.75, 3.05) is 5.32 Å². The second-order valence-electron chi connectivity index (χ2n) is 6.59. The summed E-state index contributed by atoms with van der Waals surface area (Å²) < 4.78 is 5.46. The zero-order chi connectivity index (χ0) is 25.5. The molecule has 0 aromatic heterocycles. The molecule has 35 heavy (non-hydrogen) atoms. The lowest BCUT2D eigenvalue weighted by Gasteiger charge is -2.07. The van der Waals surface area contributed by atoms with Crippen LogP contribution in [-0.2, 0) is 9.59 Å². The van der Waals surface area contributed by atoms with E-state index in [-0.39, 0.29) is 27.2 Å². The number of non-ortho nitro benzene ring substituents is 1. The predicted molar refractivity (Wildman–Crippen MR) is 127 cm³/mol. The molecule has 0 atom stereocenters. The summed E-state index contributed by atoms with van der Waals surface area (Å²) in [5, 5.41) is 28.3. The van der Waals surface area contributed by atoms with Crippen LogP contribution in [0.15, 0.2) is 65.8 Å². The number of ether oxygens (including phenoxy) is 1. The zero-order valence-corrected chi connectivity index (χ0v) is 18.8. The number of nitro groups is 2. The SMILES string of the molecule is O=C(NN=Cc1ccc(Oc2ccc([N+](=O)[O-])cc2[N+](=O)[O-])cc1)C(=O)Nc1cccc(Cl)c1Cl. The van der Waals surface area contributed by atoms with Crippen LogP contribution in [0.5, 0.6) is 11.5 Å². The van der Waals surface area contributed by atoms with Crippen molar-refractivity contribution in [3.8, 4) is 11.5 Å². The van der Waals surface area contributed by atoms with E-state index in [2.05, 4.69) is 15.8 Å². The molecule has 0 unspecified atom stereocenters. The Morgan fingerprint density at radius 2 is 1.66 bits per heavy atom. The number of anilines is 1. The van der Waals surface area contributed by atoms with Gasteiger partial charge >= 0.3 is 17.5 Å². The number of halogens is 2. The molecule has 178 valence electrons. The van der Waals surface area contributed by atoms with Gasteiger partial charge in [0.05, 0.1) is 37.9 Å². The largest absolute Gasteiger partial charge is 0.450 e. The van der Waals surface area contributed by atoms with E-state index in [0.717, 1.165) is 18.2 Å². The number of nitrogens with one attached hydrogen (secondary N) is 2. The Labute approximate surface area is 206 Å². The van der Waals surface area contributed by atoms with Crippen molar-refractivity contribution in [2.24, 2.45) is 5.10 Å². The number of carbonyl (C=O) groups excluding carboxylic acids is 2. The van der Waals surface area contributed by atoms with Gasteiger partial charge in [-0.1, -0.05) is 29.3 Å². The Kier molecular flexibility index (Phi) is 7.92. The Hall–Kier alpha value is -4.55. The lowest BCUT2D eigenvalue weighted by molar-refractivity contribution is -0.394. The molecule has 2 N–H and O–H groups in total. The van der Waals surface area contributed by atoms with Gasteiger partial charge in [0, 0.05) is 6.07 Å². The van der Waals surface area contributed by atoms with E-state index in [1.807, 2.05) is 0 Å². The molecule has 3 aromatic rings. The first-order valence-corrected chi connectivity index (χ1v) is 10.2. The van der Waals surface area contributed by atoms with Crippen LogP contribution < -0.4 is 15.5 Å². The third kappa shape index (κ3) is 6.50. The minimum absolute atomic E-state index is 0.0835. The highest BCUT2D eigenvalue weighted by Gasteiger charge is 2.21. The van der Waals surface area contributed by atoms with E-state index in [9.17, 15) is 29.8 Å². The van der Waals surface area contributed by atoms with Crippen molar-refractivity contribution in [1.82, 2.24) is 5.43 Å². The molecular formula is C21H13Cl2N5O7. The van der Waals surface area contributed by atoms with Gasteiger partial charge in [-0.15, -0.1) is 0 Å². The summed E-state index contributed by atoms with van der Waals surface area (Å²) in [4.78, 5) is 44.4. The van der Waals surface area contributed by atoms with Crippen LogP contribution in [0.3, 0.4) is 0 Å². The summed E-state index contributed by atoms with van der Waals surface area (Å²) in [5.41, 5.74) is 1.70. The van der Waals surface area contributed by atoms with Crippen molar-refractivity contribution in [1.29, 1.82) is 0 Å². The topological polar surface area (TPSA) is 166 Å². The van der Waals surface area contributed by atoms with Crippen molar-refractivity contribution in [3.05, 3.63) is 96.5 Å². The summed E-state index contributed by atoms with van der Waals surface area (Å²) in [6.45, 7) is 0. The normalized spacial score (nSPS) is 10.6. The first kappa shape index (κ1) is 25.1. The molecule has 2 amide bonds. The van der Waals surface area contributed by atoms with E-state index >= 15 is 0 Å². The van der Waals surface area contributed by atoms with Gasteiger partial charge in [0.15, 0.2) is 0 Å². The molecule has 12 nitrogen and oxygen atoms in total. The smallest absolute Gasteiger partial charge is 0.329 e. The number of carbonyl (C=O) groups is 2. The molecule has 0 aliphatic heterocycles. The van der Waals surface area contributed by atoms with Crippen molar-refractivity contribution >= 4 is 58.3 Å². The number of hydrazone groups is 1. The minimum Gasteiger partial charge on any atom is -0.450 e. The maximum Gasteiger partial charge on any atom is 0.329 e. The van der Waals surface area contributed by atoms with Crippen LogP contribution in [-0.4, -0.2) is 27.9 Å². The van der Waals surface area contributed by atoms with Gasteiger partial charge in [0.1, 0.15) is 5.75 Å². The molecule has 3 aromatic carbocycles. The number of hydrogen-bond acceptors (Lipinski definition) is 8. The fourth-order valence-corrected chi connectivity index (χ4v) is 2.94. The molecule has 3 rings (SSSR count). The molecule has 0 heterocycles. The molecule has 14 heteroatoms. The maximum absolute atomic E-state index is 12.0. The maximum atomic E-state index is 12.0. The van der Waals surface area contributed by atoms with Gasteiger partial charge < -0.3 is 10.1 Å². The highest BCUT2D eigenvalue weighted by Crippen LogP contribution is 2.34. The summed E-state index contributed by atoms with van der Waals surface area (Å²) >= 11 is 11.8. The first-order valence-electron chi connectivity index (χ1n) is 9.45. The van der Waals surface area contributed by atoms with E-state index in [1.165, 1.54) is 42.6 Å². The number of amides is 2. The molecule has 0 aliphatic carbocycles. The molecule has 0 saturated heterocycles. The molecule has 0 bridgehead atoms. The first-order chi connectivity index (χ1) is 16.7. The Morgan fingerprint density at radius 1 is 0.943 bits per heavy atom. The fourth-order valence-electron chi connectivity index (χ4n) is 2.59. The van der Waals surface area contributed by atoms with Gasteiger partial charge in [0.25, 0.3) is 5.69 Å². The standard InChI is InChI=1S/C21H13Cl2N5O7/c22-15-2-1-3-16(19(15)23)25-20(29)21(30)26-24-11-12-4-7-14(8-5-12)35-18-9-6-13(27(31)32)10-17(18)28(33)34/h1-11H,(H,25,29)(H,26,30). The summed E-state index contributed by atoms with van der Waals surface area (Å²) in [5.74, 6) is -2.04. The van der Waals surface area contributed by atoms with Crippen LogP contribution in [0.1, 0.15) is 5.56 Å². The average Bonchev–Trinajstić information content (AvgIpc) is 2.83. The van der Waals surface area contributed by atoms with E-state index in [1.54, 1.807) is 6.07 Å². The molecule has 0 aliphatic rings. The number of nitro benzene ring substituents is 2. The monoisotopic (exact) mass is 517 g/mol. The Balaban J connectivity index is 1.60. The minimum atomic E-state index is -1.05. The van der Waals surface area contributed by atoms with E-state index < -0.39 is 33.0 Å². The van der Waals surface area contributed by atoms with E-state index in [0.29, 0.717) is 5.56 Å². The quantitative estimate of drug-likeness (QED) is 0.198. The fraction of sp³-hybridized carbons (Fsp3) is 0. The summed E-state index contributed by atoms with van der Waals surface area (Å²) in [7, 11) is 0. The Bertz CT molecular complexity index is 1350. The third-order valence-electron chi connectivity index (χ3n) is 4.24. The van der Waals surface area contributed by atoms with Crippen molar-refractivity contribution in [3.63, 3.8) is 0 Å². The van der Waals surface area contributed by atoms with Gasteiger partial charge in [0.2, 0.25) is 5.75 Å². The molecular weight excluding hydrogens is 505 g/mol. The number of rotatable bonds is 7. The van der Waals surface area contributed by atoms with Gasteiger partial charge in [-0.2, -0.15) is 5.10 Å². The van der Waals surface area contributed by atoms with Crippen LogP contribution in [0, 0.1) is 20.2 Å². The van der Waals surface area contributed by atoms with Gasteiger partial charge in [-0.25, -0.2) is 5.43 Å². The van der Waals surface area contributed by atoms with Crippen LogP contribution in [0.25, 0.3) is 0 Å². The van der Waals surface area contributed by atoms with Crippen LogP contribution >= 0.6 is 23.2 Å². The van der Waals surface area contributed by atoms with Crippen molar-refractivity contribution in [2.45, 2.75) is 0 Å². The molecule has 0 saturated carbocycles. The number of nitrogens with zero attached hydrogens (tertiary/aromatic N) is 3. The lowest BCUT2D eigenvalue weighted by Crippen LogP contribution is -2.32. The Morgan fingerprint density at radius 3 is 2.31 bits per heavy atom. The zero-order valence-electron chi connectivity index (χ0n) is 17.3. The second-order valence-corrected chi connectivity index (χ2v) is 7.38. The predicted octanol–water partition coefficient (Wildman–Crippen LogP) is 4.69. The number of benzene rings is 3. The lowest BCUT2D eigenvalue weighted by atomic mass is 10.2. The second kappa shape index (κ2) is 11.0. The van der Waals surface area contributed by atoms with Crippen LogP contribution in [0.2, 0.25) is 10.0 Å². The van der Waals surface area contributed by atoms with Gasteiger partial charge in [-0.05, 0) is 48.0 Å². The van der Waals surface area contributed by atoms with Crippen molar-refractivity contribution < 1.29 is 24.2 Å². The van der Waals surface area contributed by atoms with Gasteiger partial charge in [-0.3, -0.25) is 29.8 Å². The average molecular weight is 518 g/mol.